The van der Waals surface area contributed by atoms with Crippen LogP contribution in [0.5, 0.6) is 0 Å². The minimum absolute atomic E-state index is 0.0605. The molecule has 106 valence electrons. The standard InChI is InChI=1S/C11H13N4O4S/c1-18-20(16,17)19-8-7-15-6-3-10(9-14-15)11-12-4-2-5-13-11/h2-6,9H,7-8H2,1H3/q+1. The maximum Gasteiger partial charge on any atom is 0.399 e. The van der Waals surface area contributed by atoms with Crippen molar-refractivity contribution in [2.75, 3.05) is 13.7 Å². The normalized spacial score (nSPS) is 11.4. The van der Waals surface area contributed by atoms with Crippen molar-refractivity contribution in [1.29, 1.82) is 0 Å². The van der Waals surface area contributed by atoms with E-state index in [-0.39, 0.29) is 13.2 Å². The molecule has 0 aliphatic heterocycles. The Bertz CT molecular complexity index is 646. The third kappa shape index (κ3) is 4.02. The van der Waals surface area contributed by atoms with E-state index in [9.17, 15) is 8.42 Å². The molecule has 0 fully saturated rings. The maximum atomic E-state index is 10.9. The minimum atomic E-state index is -3.90. The smallest absolute Gasteiger partial charge is 0.252 e. The Labute approximate surface area is 116 Å². The molecular formula is C11H13N4O4S+. The average Bonchev–Trinajstić information content (AvgIpc) is 2.49. The average molecular weight is 297 g/mol. The molecule has 0 aromatic carbocycles. The fourth-order valence-corrected chi connectivity index (χ4v) is 1.75. The lowest BCUT2D eigenvalue weighted by molar-refractivity contribution is -0.754. The first-order chi connectivity index (χ1) is 9.61. The van der Waals surface area contributed by atoms with Gasteiger partial charge >= 0.3 is 10.4 Å². The van der Waals surface area contributed by atoms with Gasteiger partial charge in [0.1, 0.15) is 12.8 Å². The Morgan fingerprint density at radius 1 is 1.30 bits per heavy atom. The van der Waals surface area contributed by atoms with Crippen LogP contribution in [0.15, 0.2) is 36.9 Å². The first-order valence-electron chi connectivity index (χ1n) is 5.69. The topological polar surface area (TPSA) is 95.2 Å². The van der Waals surface area contributed by atoms with Crippen LogP contribution in [0.4, 0.5) is 0 Å². The highest BCUT2D eigenvalue weighted by Gasteiger charge is 2.11. The van der Waals surface area contributed by atoms with E-state index in [1.165, 1.54) is 4.68 Å². The summed E-state index contributed by atoms with van der Waals surface area (Å²) in [5.41, 5.74) is 0.771. The summed E-state index contributed by atoms with van der Waals surface area (Å²) >= 11 is 0. The molecule has 20 heavy (non-hydrogen) atoms. The fourth-order valence-electron chi connectivity index (χ4n) is 1.38. The molecule has 0 N–H and O–H groups in total. The van der Waals surface area contributed by atoms with Gasteiger partial charge in [-0.3, -0.25) is 4.18 Å². The van der Waals surface area contributed by atoms with Gasteiger partial charge in [-0.25, -0.2) is 14.2 Å². The molecule has 0 amide bonds. The molecule has 2 rings (SSSR count). The zero-order valence-electron chi connectivity index (χ0n) is 10.7. The van der Waals surface area contributed by atoms with Crippen LogP contribution in [0.2, 0.25) is 0 Å². The first-order valence-corrected chi connectivity index (χ1v) is 7.02. The van der Waals surface area contributed by atoms with Crippen molar-refractivity contribution in [3.05, 3.63) is 36.9 Å². The molecule has 0 unspecified atom stereocenters. The van der Waals surface area contributed by atoms with Crippen LogP contribution >= 0.6 is 0 Å². The second kappa shape index (κ2) is 6.46. The summed E-state index contributed by atoms with van der Waals surface area (Å²) in [5, 5.41) is 4.12. The Balaban J connectivity index is 1.96. The zero-order chi connectivity index (χ0) is 14.4. The first kappa shape index (κ1) is 14.4. The molecule has 0 aliphatic carbocycles. The number of hydrogen-bond acceptors (Lipinski definition) is 7. The highest BCUT2D eigenvalue weighted by molar-refractivity contribution is 7.81. The summed E-state index contributed by atoms with van der Waals surface area (Å²) in [6.07, 6.45) is 6.58. The minimum Gasteiger partial charge on any atom is -0.252 e. The van der Waals surface area contributed by atoms with Gasteiger partial charge in [0.15, 0.2) is 18.6 Å². The third-order valence-corrected chi connectivity index (χ3v) is 3.21. The number of hydrogen-bond donors (Lipinski definition) is 0. The van der Waals surface area contributed by atoms with Gasteiger partial charge in [0.05, 0.1) is 7.11 Å². The summed E-state index contributed by atoms with van der Waals surface area (Å²) in [7, 11) is -2.86. The monoisotopic (exact) mass is 297 g/mol. The van der Waals surface area contributed by atoms with Gasteiger partial charge in [0.25, 0.3) is 0 Å². The Morgan fingerprint density at radius 2 is 2.05 bits per heavy atom. The van der Waals surface area contributed by atoms with E-state index in [0.717, 1.165) is 12.7 Å². The SMILES string of the molecule is COS(=O)(=O)OCC[n+]1ccc(-c2ncccn2)cn1. The van der Waals surface area contributed by atoms with Crippen molar-refractivity contribution in [2.45, 2.75) is 6.54 Å². The quantitative estimate of drug-likeness (QED) is 0.677. The third-order valence-electron chi connectivity index (χ3n) is 2.35. The Kier molecular flexibility index (Phi) is 4.66. The van der Waals surface area contributed by atoms with Gasteiger partial charge in [-0.1, -0.05) is 4.68 Å². The summed E-state index contributed by atoms with van der Waals surface area (Å²) in [6, 6.07) is 3.51. The molecule has 9 heteroatoms. The van der Waals surface area contributed by atoms with E-state index in [1.807, 2.05) is 0 Å². The molecule has 0 atom stereocenters. The lowest BCUT2D eigenvalue weighted by Gasteiger charge is -2.00. The van der Waals surface area contributed by atoms with Gasteiger partial charge in [-0.05, 0) is 11.2 Å². The largest absolute Gasteiger partial charge is 0.399 e. The zero-order valence-corrected chi connectivity index (χ0v) is 11.5. The van der Waals surface area contributed by atoms with Crippen LogP contribution in [0.1, 0.15) is 0 Å². The summed E-state index contributed by atoms with van der Waals surface area (Å²) in [6.45, 7) is 0.216. The van der Waals surface area contributed by atoms with Crippen LogP contribution in [0, 0.1) is 0 Å². The van der Waals surface area contributed by atoms with Crippen LogP contribution in [0.3, 0.4) is 0 Å². The molecular weight excluding hydrogens is 284 g/mol. The molecule has 0 spiro atoms. The van der Waals surface area contributed by atoms with Crippen molar-refractivity contribution >= 4 is 10.4 Å². The maximum absolute atomic E-state index is 10.9. The van der Waals surface area contributed by atoms with Crippen LogP contribution in [0.25, 0.3) is 11.4 Å². The predicted octanol–water partition coefficient (Wildman–Crippen LogP) is -0.266. The summed E-state index contributed by atoms with van der Waals surface area (Å²) in [4.78, 5) is 8.21. The van der Waals surface area contributed by atoms with E-state index in [4.69, 9.17) is 0 Å². The molecule has 0 saturated heterocycles. The second-order valence-corrected chi connectivity index (χ2v) is 5.03. The highest BCUT2D eigenvalue weighted by Crippen LogP contribution is 2.09. The van der Waals surface area contributed by atoms with E-state index in [2.05, 4.69) is 23.4 Å². The van der Waals surface area contributed by atoms with Gasteiger partial charge in [0, 0.05) is 24.0 Å². The fraction of sp³-hybridized carbons (Fsp3) is 0.273. The van der Waals surface area contributed by atoms with Crippen molar-refractivity contribution in [3.63, 3.8) is 0 Å². The van der Waals surface area contributed by atoms with Crippen molar-refractivity contribution < 1.29 is 21.5 Å². The molecule has 0 saturated carbocycles. The van der Waals surface area contributed by atoms with Gasteiger partial charge < -0.3 is 0 Å². The second-order valence-electron chi connectivity index (χ2n) is 3.65. The van der Waals surface area contributed by atoms with Crippen LogP contribution in [-0.4, -0.2) is 37.2 Å². The van der Waals surface area contributed by atoms with Crippen molar-refractivity contribution in [3.8, 4) is 11.4 Å². The Morgan fingerprint density at radius 3 is 2.65 bits per heavy atom. The molecule has 2 heterocycles. The lowest BCUT2D eigenvalue weighted by Crippen LogP contribution is -2.39. The summed E-state index contributed by atoms with van der Waals surface area (Å²) in [5.74, 6) is 0.574. The Hall–Kier alpha value is -1.97. The number of aromatic nitrogens is 4. The van der Waals surface area contributed by atoms with Gasteiger partial charge in [-0.2, -0.15) is 8.42 Å². The molecule has 2 aromatic rings. The highest BCUT2D eigenvalue weighted by atomic mass is 32.3. The molecule has 0 radical (unpaired) electrons. The molecule has 2 aromatic heterocycles. The van der Waals surface area contributed by atoms with Crippen LogP contribution < -0.4 is 4.68 Å². The predicted molar refractivity (Wildman–Crippen MR) is 67.3 cm³/mol. The number of nitrogens with zero attached hydrogens (tertiary/aromatic N) is 4. The lowest BCUT2D eigenvalue weighted by atomic mass is 10.3. The van der Waals surface area contributed by atoms with Crippen molar-refractivity contribution in [2.24, 2.45) is 0 Å². The molecule has 8 nitrogen and oxygen atoms in total. The van der Waals surface area contributed by atoms with E-state index < -0.39 is 10.4 Å². The van der Waals surface area contributed by atoms with Crippen molar-refractivity contribution in [1.82, 2.24) is 15.1 Å². The van der Waals surface area contributed by atoms with E-state index in [1.54, 1.807) is 36.9 Å². The van der Waals surface area contributed by atoms with E-state index >= 15 is 0 Å². The van der Waals surface area contributed by atoms with E-state index in [0.29, 0.717) is 5.82 Å². The van der Waals surface area contributed by atoms with Gasteiger partial charge in [0.2, 0.25) is 0 Å². The molecule has 0 aliphatic rings. The van der Waals surface area contributed by atoms with Gasteiger partial charge in [-0.15, -0.1) is 0 Å². The summed E-state index contributed by atoms with van der Waals surface area (Å²) < 4.78 is 32.1. The number of rotatable bonds is 6. The molecule has 0 bridgehead atoms. The van der Waals surface area contributed by atoms with Crippen LogP contribution in [-0.2, 0) is 25.3 Å².